The summed E-state index contributed by atoms with van der Waals surface area (Å²) in [6.45, 7) is 5.92. The lowest BCUT2D eigenvalue weighted by Gasteiger charge is -2.29. The Hall–Kier alpha value is -0.920. The van der Waals surface area contributed by atoms with Gasteiger partial charge in [0.25, 0.3) is 5.91 Å². The quantitative estimate of drug-likeness (QED) is 0.848. The second kappa shape index (κ2) is 10.9. The zero-order valence-electron chi connectivity index (χ0n) is 14.2. The largest absolute Gasteiger partial charge is 0.366 e. The van der Waals surface area contributed by atoms with Gasteiger partial charge in [-0.3, -0.25) is 9.69 Å². The van der Waals surface area contributed by atoms with Crippen LogP contribution in [0.25, 0.3) is 0 Å². The predicted octanol–water partition coefficient (Wildman–Crippen LogP) is 1.69. The molecule has 1 unspecified atom stereocenters. The highest BCUT2D eigenvalue weighted by Gasteiger charge is 2.28. The van der Waals surface area contributed by atoms with Crippen LogP contribution in [0.1, 0.15) is 12.0 Å². The highest BCUT2D eigenvalue weighted by molar-refractivity contribution is 5.85. The van der Waals surface area contributed by atoms with Gasteiger partial charge in [0.05, 0.1) is 6.61 Å². The first-order valence-electron chi connectivity index (χ1n) is 8.30. The van der Waals surface area contributed by atoms with E-state index in [4.69, 9.17) is 4.74 Å². The molecule has 1 atom stereocenters. The second-order valence-corrected chi connectivity index (χ2v) is 6.15. The van der Waals surface area contributed by atoms with Crippen LogP contribution in [0.15, 0.2) is 24.3 Å². The van der Waals surface area contributed by atoms with Crippen molar-refractivity contribution in [3.8, 4) is 0 Å². The molecular formula is C17H26Cl2FN3O2. The average Bonchev–Trinajstić information content (AvgIpc) is 2.81. The average molecular weight is 394 g/mol. The number of ether oxygens (including phenoxy) is 1. The minimum Gasteiger partial charge on any atom is -0.366 e. The second-order valence-electron chi connectivity index (χ2n) is 6.15. The number of halogens is 3. The number of morpholine rings is 1. The lowest BCUT2D eigenvalue weighted by Crippen LogP contribution is -2.50. The van der Waals surface area contributed by atoms with E-state index in [0.717, 1.165) is 44.7 Å². The lowest BCUT2D eigenvalue weighted by molar-refractivity contribution is -0.145. The third kappa shape index (κ3) is 6.38. The number of carbonyl (C=O) groups excluding carboxylic acids is 1. The number of benzene rings is 1. The third-order valence-corrected chi connectivity index (χ3v) is 4.40. The van der Waals surface area contributed by atoms with Crippen molar-refractivity contribution >= 4 is 30.7 Å². The van der Waals surface area contributed by atoms with Crippen LogP contribution in [0.3, 0.4) is 0 Å². The zero-order valence-corrected chi connectivity index (χ0v) is 15.8. The molecular weight excluding hydrogens is 368 g/mol. The molecule has 2 aliphatic heterocycles. The molecule has 2 fully saturated rings. The van der Waals surface area contributed by atoms with Gasteiger partial charge in [0.15, 0.2) is 0 Å². The summed E-state index contributed by atoms with van der Waals surface area (Å²) >= 11 is 0. The third-order valence-electron chi connectivity index (χ3n) is 4.40. The van der Waals surface area contributed by atoms with E-state index < -0.39 is 0 Å². The topological polar surface area (TPSA) is 44.8 Å². The van der Waals surface area contributed by atoms with Gasteiger partial charge in [0, 0.05) is 45.8 Å². The van der Waals surface area contributed by atoms with Gasteiger partial charge in [-0.05, 0) is 24.1 Å². The molecule has 0 bridgehead atoms. The Kier molecular flexibility index (Phi) is 9.67. The van der Waals surface area contributed by atoms with Crippen molar-refractivity contribution < 1.29 is 13.9 Å². The number of carbonyl (C=O) groups is 1. The van der Waals surface area contributed by atoms with Gasteiger partial charge in [-0.25, -0.2) is 4.39 Å². The van der Waals surface area contributed by atoms with Crippen LogP contribution in [0.5, 0.6) is 0 Å². The summed E-state index contributed by atoms with van der Waals surface area (Å²) in [7, 11) is 0. The predicted molar refractivity (Wildman–Crippen MR) is 100.0 cm³/mol. The molecule has 1 amide bonds. The van der Waals surface area contributed by atoms with Crippen LogP contribution < -0.4 is 5.32 Å². The fraction of sp³-hybridized carbons (Fsp3) is 0.588. The van der Waals surface area contributed by atoms with Gasteiger partial charge in [-0.1, -0.05) is 12.1 Å². The van der Waals surface area contributed by atoms with Crippen molar-refractivity contribution in [2.75, 3.05) is 45.9 Å². The summed E-state index contributed by atoms with van der Waals surface area (Å²) in [5, 5.41) is 3.20. The summed E-state index contributed by atoms with van der Waals surface area (Å²) < 4.78 is 18.8. The fourth-order valence-electron chi connectivity index (χ4n) is 3.17. The highest BCUT2D eigenvalue weighted by atomic mass is 35.5. The van der Waals surface area contributed by atoms with E-state index in [1.165, 1.54) is 6.07 Å². The number of nitrogens with one attached hydrogen (secondary N) is 1. The molecule has 0 aromatic heterocycles. The summed E-state index contributed by atoms with van der Waals surface area (Å²) in [5.74, 6) is -0.110. The van der Waals surface area contributed by atoms with E-state index in [9.17, 15) is 9.18 Å². The van der Waals surface area contributed by atoms with Crippen molar-refractivity contribution in [1.82, 2.24) is 15.1 Å². The maximum absolute atomic E-state index is 13.3. The minimum absolute atomic E-state index is 0. The molecule has 142 valence electrons. The molecule has 25 heavy (non-hydrogen) atoms. The van der Waals surface area contributed by atoms with Crippen molar-refractivity contribution in [2.24, 2.45) is 0 Å². The van der Waals surface area contributed by atoms with Crippen LogP contribution in [-0.4, -0.2) is 67.7 Å². The molecule has 3 rings (SSSR count). The molecule has 0 aliphatic carbocycles. The zero-order chi connectivity index (χ0) is 16.1. The van der Waals surface area contributed by atoms with Crippen LogP contribution in [0.4, 0.5) is 4.39 Å². The highest BCUT2D eigenvalue weighted by Crippen LogP contribution is 2.12. The fourth-order valence-corrected chi connectivity index (χ4v) is 3.17. The normalized spacial score (nSPS) is 21.6. The van der Waals surface area contributed by atoms with E-state index in [0.29, 0.717) is 19.7 Å². The molecule has 1 aromatic rings. The summed E-state index contributed by atoms with van der Waals surface area (Å²) in [5.41, 5.74) is 0.976. The van der Waals surface area contributed by atoms with Crippen molar-refractivity contribution in [3.05, 3.63) is 35.6 Å². The first kappa shape index (κ1) is 22.1. The Balaban J connectivity index is 0.00000156. The lowest BCUT2D eigenvalue weighted by atomic mass is 10.2. The van der Waals surface area contributed by atoms with Crippen LogP contribution in [0.2, 0.25) is 0 Å². The molecule has 2 aliphatic rings. The van der Waals surface area contributed by atoms with Crippen molar-refractivity contribution in [2.45, 2.75) is 19.1 Å². The van der Waals surface area contributed by atoms with E-state index in [-0.39, 0.29) is 42.6 Å². The monoisotopic (exact) mass is 393 g/mol. The summed E-state index contributed by atoms with van der Waals surface area (Å²) in [6, 6.07) is 6.73. The molecule has 8 heteroatoms. The van der Waals surface area contributed by atoms with E-state index in [1.807, 2.05) is 11.0 Å². The smallest absolute Gasteiger partial charge is 0.253 e. The van der Waals surface area contributed by atoms with Crippen LogP contribution in [0, 0.1) is 5.82 Å². The standard InChI is InChI=1S/C17H24FN3O2.2ClH/c18-15-4-1-3-14(11-15)13-20-6-2-7-21(9-8-20)17(22)16-12-19-5-10-23-16;;/h1,3-4,11,16,19H,2,5-10,12-13H2;2*1H. The summed E-state index contributed by atoms with van der Waals surface area (Å²) in [6.07, 6.45) is 0.583. The first-order valence-corrected chi connectivity index (χ1v) is 8.30. The molecule has 1 aromatic carbocycles. The Labute approximate surface area is 160 Å². The van der Waals surface area contributed by atoms with Gasteiger partial charge < -0.3 is 15.0 Å². The minimum atomic E-state index is -0.349. The Morgan fingerprint density at radius 2 is 2.08 bits per heavy atom. The van der Waals surface area contributed by atoms with E-state index >= 15 is 0 Å². The Bertz CT molecular complexity index is 544. The molecule has 0 radical (unpaired) electrons. The molecule has 0 saturated carbocycles. The molecule has 0 spiro atoms. The molecule has 1 N–H and O–H groups in total. The van der Waals surface area contributed by atoms with Gasteiger partial charge in [0.2, 0.25) is 0 Å². The first-order chi connectivity index (χ1) is 11.2. The van der Waals surface area contributed by atoms with Crippen LogP contribution >= 0.6 is 24.8 Å². The SMILES string of the molecule is Cl.Cl.O=C(C1CNCCO1)N1CCCN(Cc2cccc(F)c2)CC1. The molecule has 2 saturated heterocycles. The van der Waals surface area contributed by atoms with Gasteiger partial charge in [-0.2, -0.15) is 0 Å². The van der Waals surface area contributed by atoms with E-state index in [2.05, 4.69) is 10.2 Å². The Morgan fingerprint density at radius 1 is 1.24 bits per heavy atom. The Morgan fingerprint density at radius 3 is 2.80 bits per heavy atom. The molecule has 2 heterocycles. The van der Waals surface area contributed by atoms with Crippen molar-refractivity contribution in [3.63, 3.8) is 0 Å². The van der Waals surface area contributed by atoms with Crippen molar-refractivity contribution in [1.29, 1.82) is 0 Å². The van der Waals surface area contributed by atoms with Gasteiger partial charge in [0.1, 0.15) is 11.9 Å². The number of nitrogens with zero attached hydrogens (tertiary/aromatic N) is 2. The van der Waals surface area contributed by atoms with Crippen LogP contribution in [-0.2, 0) is 16.1 Å². The van der Waals surface area contributed by atoms with Gasteiger partial charge in [-0.15, -0.1) is 24.8 Å². The van der Waals surface area contributed by atoms with Gasteiger partial charge >= 0.3 is 0 Å². The number of hydrogen-bond acceptors (Lipinski definition) is 4. The maximum Gasteiger partial charge on any atom is 0.253 e. The number of hydrogen-bond donors (Lipinski definition) is 1. The summed E-state index contributed by atoms with van der Waals surface area (Å²) in [4.78, 5) is 16.7. The maximum atomic E-state index is 13.3. The number of rotatable bonds is 3. The number of amides is 1. The van der Waals surface area contributed by atoms with E-state index in [1.54, 1.807) is 12.1 Å². The molecule has 5 nitrogen and oxygen atoms in total.